The molecule has 1 aliphatic rings. The van der Waals surface area contributed by atoms with Crippen LogP contribution in [0.1, 0.15) is 5.56 Å². The first-order chi connectivity index (χ1) is 14.7. The van der Waals surface area contributed by atoms with E-state index in [1.54, 1.807) is 37.4 Å². The lowest BCUT2D eigenvalue weighted by Gasteiger charge is -2.24. The molecule has 1 N–H and O–H groups in total. The number of hydrazone groups is 1. The van der Waals surface area contributed by atoms with Gasteiger partial charge in [0.25, 0.3) is 0 Å². The molecule has 12 heteroatoms. The van der Waals surface area contributed by atoms with E-state index in [9.17, 15) is 8.42 Å². The van der Waals surface area contributed by atoms with E-state index in [4.69, 9.17) is 32.1 Å². The quantitative estimate of drug-likeness (QED) is 0.546. The number of fused-ring (bicyclic) bond motifs is 1. The molecule has 2 aromatic carbocycles. The maximum absolute atomic E-state index is 11.3. The SMILES string of the molecule is CN1N=C(c2c(Cl)cccc2Cl)Oc2cnc(Nc3cccc(OS(C)(=O)=O)c3)nc21. The maximum atomic E-state index is 11.3. The van der Waals surface area contributed by atoms with Crippen LogP contribution in [0.25, 0.3) is 0 Å². The Balaban J connectivity index is 1.59. The van der Waals surface area contributed by atoms with E-state index in [1.807, 2.05) is 0 Å². The Morgan fingerprint density at radius 2 is 1.84 bits per heavy atom. The molecule has 4 rings (SSSR count). The van der Waals surface area contributed by atoms with Crippen LogP contribution < -0.4 is 19.2 Å². The first-order valence-corrected chi connectivity index (χ1v) is 11.3. The summed E-state index contributed by atoms with van der Waals surface area (Å²) in [6, 6.07) is 11.5. The number of nitrogens with zero attached hydrogens (tertiary/aromatic N) is 4. The fourth-order valence-corrected chi connectivity index (χ4v) is 3.78. The third-order valence-electron chi connectivity index (χ3n) is 4.00. The molecule has 31 heavy (non-hydrogen) atoms. The molecular formula is C19H15Cl2N5O4S. The van der Waals surface area contributed by atoms with Gasteiger partial charge in [-0.15, -0.1) is 5.10 Å². The standard InChI is InChI=1S/C19H15Cl2N5O4S/c1-26-17-15(29-18(25-26)16-13(20)7-4-8-14(16)21)10-22-19(24-17)23-11-5-3-6-12(9-11)30-31(2,27)28/h3-10H,1-2H3,(H,22,23,24). The van der Waals surface area contributed by atoms with Gasteiger partial charge in [0, 0.05) is 18.8 Å². The zero-order chi connectivity index (χ0) is 22.2. The average molecular weight is 480 g/mol. The van der Waals surface area contributed by atoms with E-state index in [0.717, 1.165) is 6.26 Å². The van der Waals surface area contributed by atoms with E-state index in [-0.39, 0.29) is 17.6 Å². The molecule has 2 heterocycles. The molecule has 0 spiro atoms. The Morgan fingerprint density at radius 1 is 1.13 bits per heavy atom. The van der Waals surface area contributed by atoms with Crippen LogP contribution in [0, 0.1) is 0 Å². The van der Waals surface area contributed by atoms with Crippen LogP contribution in [0.5, 0.6) is 11.5 Å². The van der Waals surface area contributed by atoms with Gasteiger partial charge in [-0.1, -0.05) is 35.3 Å². The van der Waals surface area contributed by atoms with Crippen LogP contribution in [0.4, 0.5) is 17.5 Å². The first kappa shape index (κ1) is 21.2. The molecule has 0 amide bonds. The first-order valence-electron chi connectivity index (χ1n) is 8.78. The topological polar surface area (TPSA) is 106 Å². The van der Waals surface area contributed by atoms with Crippen LogP contribution in [-0.4, -0.2) is 37.6 Å². The number of halogens is 2. The van der Waals surface area contributed by atoms with Gasteiger partial charge in [-0.2, -0.15) is 13.4 Å². The van der Waals surface area contributed by atoms with Crippen molar-refractivity contribution in [3.05, 3.63) is 64.3 Å². The van der Waals surface area contributed by atoms with Gasteiger partial charge in [0.05, 0.1) is 28.1 Å². The summed E-state index contributed by atoms with van der Waals surface area (Å²) in [4.78, 5) is 8.66. The van der Waals surface area contributed by atoms with Gasteiger partial charge in [-0.25, -0.2) is 9.99 Å². The molecule has 0 aliphatic carbocycles. The molecule has 0 bridgehead atoms. The van der Waals surface area contributed by atoms with Gasteiger partial charge >= 0.3 is 10.1 Å². The number of hydrogen-bond donors (Lipinski definition) is 1. The van der Waals surface area contributed by atoms with E-state index in [0.29, 0.717) is 32.9 Å². The highest BCUT2D eigenvalue weighted by Crippen LogP contribution is 2.34. The number of benzene rings is 2. The average Bonchev–Trinajstić information content (AvgIpc) is 2.67. The van der Waals surface area contributed by atoms with Crippen molar-refractivity contribution in [2.24, 2.45) is 5.10 Å². The lowest BCUT2D eigenvalue weighted by molar-refractivity contribution is 0.493. The second kappa shape index (κ2) is 8.22. The van der Waals surface area contributed by atoms with E-state index in [1.165, 1.54) is 23.3 Å². The van der Waals surface area contributed by atoms with Gasteiger partial charge in [0.2, 0.25) is 11.8 Å². The van der Waals surface area contributed by atoms with Gasteiger partial charge < -0.3 is 14.2 Å². The fourth-order valence-electron chi connectivity index (χ4n) is 2.77. The number of anilines is 3. The largest absolute Gasteiger partial charge is 0.431 e. The number of rotatable bonds is 5. The number of aromatic nitrogens is 2. The second-order valence-electron chi connectivity index (χ2n) is 6.45. The summed E-state index contributed by atoms with van der Waals surface area (Å²) in [6.07, 6.45) is 2.46. The minimum absolute atomic E-state index is 0.164. The molecular weight excluding hydrogens is 465 g/mol. The van der Waals surface area contributed by atoms with Crippen LogP contribution >= 0.6 is 23.2 Å². The minimum atomic E-state index is -3.64. The highest BCUT2D eigenvalue weighted by Gasteiger charge is 2.25. The summed E-state index contributed by atoms with van der Waals surface area (Å²) in [5.74, 6) is 1.41. The zero-order valence-electron chi connectivity index (χ0n) is 16.2. The van der Waals surface area contributed by atoms with Gasteiger partial charge in [-0.05, 0) is 24.3 Å². The van der Waals surface area contributed by atoms with Crippen molar-refractivity contribution in [2.75, 3.05) is 23.6 Å². The van der Waals surface area contributed by atoms with Crippen molar-refractivity contribution >= 4 is 56.7 Å². The number of hydrogen-bond acceptors (Lipinski definition) is 9. The summed E-state index contributed by atoms with van der Waals surface area (Å²) >= 11 is 12.5. The van der Waals surface area contributed by atoms with Gasteiger partial charge in [0.15, 0.2) is 11.6 Å². The molecule has 0 atom stereocenters. The van der Waals surface area contributed by atoms with E-state index >= 15 is 0 Å². The van der Waals surface area contributed by atoms with Crippen LogP contribution in [0.2, 0.25) is 10.0 Å². The monoisotopic (exact) mass is 479 g/mol. The molecule has 3 aromatic rings. The van der Waals surface area contributed by atoms with E-state index < -0.39 is 10.1 Å². The van der Waals surface area contributed by atoms with Crippen molar-refractivity contribution in [3.8, 4) is 11.5 Å². The summed E-state index contributed by atoms with van der Waals surface area (Å²) in [7, 11) is -1.94. The molecule has 0 fully saturated rings. The molecule has 0 saturated heterocycles. The molecule has 0 radical (unpaired) electrons. The van der Waals surface area contributed by atoms with Crippen LogP contribution in [0.3, 0.4) is 0 Å². The van der Waals surface area contributed by atoms with Crippen LogP contribution in [-0.2, 0) is 10.1 Å². The van der Waals surface area contributed by atoms with E-state index in [2.05, 4.69) is 20.4 Å². The Morgan fingerprint density at radius 3 is 2.55 bits per heavy atom. The summed E-state index contributed by atoms with van der Waals surface area (Å²) in [6.45, 7) is 0. The molecule has 0 saturated carbocycles. The van der Waals surface area contributed by atoms with Crippen molar-refractivity contribution in [2.45, 2.75) is 0 Å². The molecule has 9 nitrogen and oxygen atoms in total. The molecule has 160 valence electrons. The van der Waals surface area contributed by atoms with Crippen molar-refractivity contribution < 1.29 is 17.3 Å². The van der Waals surface area contributed by atoms with Gasteiger partial charge in [0.1, 0.15) is 5.75 Å². The van der Waals surface area contributed by atoms with Gasteiger partial charge in [-0.3, -0.25) is 0 Å². The Labute approximate surface area is 188 Å². The summed E-state index contributed by atoms with van der Waals surface area (Å²) in [5.41, 5.74) is 1.00. The Kier molecular flexibility index (Phi) is 5.61. The summed E-state index contributed by atoms with van der Waals surface area (Å²) < 4.78 is 33.4. The van der Waals surface area contributed by atoms with Crippen molar-refractivity contribution in [3.63, 3.8) is 0 Å². The minimum Gasteiger partial charge on any atom is -0.431 e. The zero-order valence-corrected chi connectivity index (χ0v) is 18.5. The lowest BCUT2D eigenvalue weighted by Crippen LogP contribution is -2.26. The molecule has 0 unspecified atom stereocenters. The number of nitrogens with one attached hydrogen (secondary N) is 1. The maximum Gasteiger partial charge on any atom is 0.306 e. The highest BCUT2D eigenvalue weighted by atomic mass is 35.5. The second-order valence-corrected chi connectivity index (χ2v) is 8.84. The third-order valence-corrected chi connectivity index (χ3v) is 5.13. The Bertz CT molecular complexity index is 1280. The number of ether oxygens (including phenoxy) is 1. The predicted molar refractivity (Wildman–Crippen MR) is 119 cm³/mol. The third kappa shape index (κ3) is 4.82. The lowest BCUT2D eigenvalue weighted by atomic mass is 10.2. The van der Waals surface area contributed by atoms with Crippen molar-refractivity contribution in [1.82, 2.24) is 9.97 Å². The Hall–Kier alpha value is -3.08. The van der Waals surface area contributed by atoms with Crippen molar-refractivity contribution in [1.29, 1.82) is 0 Å². The summed E-state index contributed by atoms with van der Waals surface area (Å²) in [5, 5.41) is 9.68. The molecule has 1 aromatic heterocycles. The predicted octanol–water partition coefficient (Wildman–Crippen LogP) is 4.06. The van der Waals surface area contributed by atoms with Crippen LogP contribution in [0.15, 0.2) is 53.8 Å². The highest BCUT2D eigenvalue weighted by molar-refractivity contribution is 7.86. The normalized spacial score (nSPS) is 13.2. The smallest absolute Gasteiger partial charge is 0.306 e. The fraction of sp³-hybridized carbons (Fsp3) is 0.105. The molecule has 1 aliphatic heterocycles.